The van der Waals surface area contributed by atoms with E-state index in [1.54, 1.807) is 29.4 Å². The zero-order valence-electron chi connectivity index (χ0n) is 27.8. The summed E-state index contributed by atoms with van der Waals surface area (Å²) in [5, 5.41) is 3.15. The SMILES string of the molecule is C=CC(=O)N1CCOCC1C(=O)N(c1ccc(C(C)(C)C)cc1)C(C(=O)NC1CCN(C(=O)OC(C)(C)C)CC1)c1cccnc1. The van der Waals surface area contributed by atoms with Crippen molar-refractivity contribution in [1.29, 1.82) is 0 Å². The minimum Gasteiger partial charge on any atom is -0.444 e. The summed E-state index contributed by atoms with van der Waals surface area (Å²) in [4.78, 5) is 63.2. The molecule has 11 nitrogen and oxygen atoms in total. The van der Waals surface area contributed by atoms with Crippen molar-refractivity contribution in [3.8, 4) is 0 Å². The fraction of sp³-hybridized carbons (Fsp3) is 0.514. The number of pyridine rings is 1. The van der Waals surface area contributed by atoms with Crippen molar-refractivity contribution >= 4 is 29.5 Å². The minimum absolute atomic E-state index is 0.0144. The Hall–Kier alpha value is -4.25. The molecule has 0 radical (unpaired) electrons. The number of carbonyl (C=O) groups excluding carboxylic acids is 4. The van der Waals surface area contributed by atoms with Crippen LogP contribution in [0.15, 0.2) is 61.4 Å². The highest BCUT2D eigenvalue weighted by molar-refractivity contribution is 6.05. The molecule has 3 heterocycles. The Kier molecular flexibility index (Phi) is 10.9. The van der Waals surface area contributed by atoms with Crippen molar-refractivity contribution in [2.75, 3.05) is 37.7 Å². The number of nitrogens with zero attached hydrogens (tertiary/aromatic N) is 4. The van der Waals surface area contributed by atoms with E-state index in [9.17, 15) is 19.2 Å². The lowest BCUT2D eigenvalue weighted by atomic mass is 9.87. The number of ether oxygens (including phenoxy) is 2. The van der Waals surface area contributed by atoms with Gasteiger partial charge in [0.15, 0.2) is 0 Å². The Labute approximate surface area is 271 Å². The smallest absolute Gasteiger partial charge is 0.410 e. The molecule has 0 bridgehead atoms. The van der Waals surface area contributed by atoms with Crippen LogP contribution in [0.5, 0.6) is 0 Å². The summed E-state index contributed by atoms with van der Waals surface area (Å²) >= 11 is 0. The fourth-order valence-electron chi connectivity index (χ4n) is 5.64. The predicted molar refractivity (Wildman–Crippen MR) is 175 cm³/mol. The van der Waals surface area contributed by atoms with Crippen molar-refractivity contribution in [3.63, 3.8) is 0 Å². The van der Waals surface area contributed by atoms with Gasteiger partial charge in [0, 0.05) is 49.3 Å². The van der Waals surface area contributed by atoms with Crippen molar-refractivity contribution in [2.45, 2.75) is 83.5 Å². The molecule has 1 aromatic heterocycles. The van der Waals surface area contributed by atoms with Crippen LogP contribution in [-0.4, -0.2) is 89.1 Å². The normalized spacial score (nSPS) is 18.3. The van der Waals surface area contributed by atoms with Crippen LogP contribution in [0.2, 0.25) is 0 Å². The average Bonchev–Trinajstić information content (AvgIpc) is 3.02. The number of likely N-dealkylation sites (tertiary alicyclic amines) is 1. The Morgan fingerprint density at radius 2 is 1.72 bits per heavy atom. The van der Waals surface area contributed by atoms with E-state index in [0.717, 1.165) is 5.56 Å². The van der Waals surface area contributed by atoms with Crippen molar-refractivity contribution in [2.24, 2.45) is 0 Å². The number of nitrogens with one attached hydrogen (secondary N) is 1. The molecule has 1 aromatic carbocycles. The van der Waals surface area contributed by atoms with Gasteiger partial charge in [0.2, 0.25) is 11.8 Å². The summed E-state index contributed by atoms with van der Waals surface area (Å²) in [6, 6.07) is 8.74. The summed E-state index contributed by atoms with van der Waals surface area (Å²) in [5.41, 5.74) is 1.34. The zero-order chi connectivity index (χ0) is 33.6. The Bertz CT molecular complexity index is 1390. The molecule has 2 fully saturated rings. The van der Waals surface area contributed by atoms with E-state index in [0.29, 0.717) is 37.2 Å². The van der Waals surface area contributed by atoms with Gasteiger partial charge in [0.1, 0.15) is 17.7 Å². The quantitative estimate of drug-likeness (QED) is 0.449. The van der Waals surface area contributed by atoms with E-state index < -0.39 is 29.5 Å². The van der Waals surface area contributed by atoms with Crippen molar-refractivity contribution in [3.05, 3.63) is 72.6 Å². The van der Waals surface area contributed by atoms with Gasteiger partial charge in [-0.05, 0) is 68.9 Å². The maximum atomic E-state index is 14.6. The molecule has 2 aromatic rings. The molecule has 4 amide bonds. The van der Waals surface area contributed by atoms with Crippen LogP contribution in [0.1, 0.15) is 71.6 Å². The number of benzene rings is 1. The molecule has 248 valence electrons. The lowest BCUT2D eigenvalue weighted by Crippen LogP contribution is -2.59. The number of morpholine rings is 1. The van der Waals surface area contributed by atoms with E-state index >= 15 is 0 Å². The summed E-state index contributed by atoms with van der Waals surface area (Å²) in [6.45, 7) is 16.7. The number of rotatable bonds is 7. The predicted octanol–water partition coefficient (Wildman–Crippen LogP) is 4.38. The molecular weight excluding hydrogens is 586 g/mol. The van der Waals surface area contributed by atoms with E-state index in [-0.39, 0.29) is 43.2 Å². The molecule has 2 atom stereocenters. The molecule has 2 aliphatic heterocycles. The average molecular weight is 634 g/mol. The molecule has 2 unspecified atom stereocenters. The Morgan fingerprint density at radius 3 is 2.28 bits per heavy atom. The van der Waals surface area contributed by atoms with Crippen LogP contribution in [0.25, 0.3) is 0 Å². The van der Waals surface area contributed by atoms with Gasteiger partial charge in [-0.25, -0.2) is 4.79 Å². The number of carbonyl (C=O) groups is 4. The number of anilines is 1. The third-order valence-corrected chi connectivity index (χ3v) is 8.12. The number of aromatic nitrogens is 1. The number of hydrogen-bond donors (Lipinski definition) is 1. The third-order valence-electron chi connectivity index (χ3n) is 8.12. The molecule has 2 saturated heterocycles. The standard InChI is InChI=1S/C35H47N5O6/c1-8-29(41)39-20-21-45-23-28(39)32(43)40(27-13-11-25(12-14-27)34(2,3)4)30(24-10-9-17-36-22-24)31(42)37-26-15-18-38(19-16-26)33(44)46-35(5,6)7/h8-14,17,22,26,28,30H,1,15-16,18-21,23H2,2-7H3,(H,37,42). The van der Waals surface area contributed by atoms with E-state index in [4.69, 9.17) is 9.47 Å². The monoisotopic (exact) mass is 633 g/mol. The van der Waals surface area contributed by atoms with Crippen molar-refractivity contribution in [1.82, 2.24) is 20.1 Å². The van der Waals surface area contributed by atoms with Crippen LogP contribution in [-0.2, 0) is 29.3 Å². The first-order chi connectivity index (χ1) is 21.7. The molecule has 0 aliphatic carbocycles. The van der Waals surface area contributed by atoms with Gasteiger partial charge in [-0.1, -0.05) is 45.5 Å². The van der Waals surface area contributed by atoms with Crippen LogP contribution >= 0.6 is 0 Å². The summed E-state index contributed by atoms with van der Waals surface area (Å²) in [7, 11) is 0. The number of amides is 4. The lowest BCUT2D eigenvalue weighted by Gasteiger charge is -2.40. The third kappa shape index (κ3) is 8.51. The van der Waals surface area contributed by atoms with Crippen LogP contribution < -0.4 is 10.2 Å². The molecule has 11 heteroatoms. The molecular formula is C35H47N5O6. The largest absolute Gasteiger partial charge is 0.444 e. The summed E-state index contributed by atoms with van der Waals surface area (Å²) < 4.78 is 11.2. The first kappa shape index (κ1) is 34.6. The molecule has 1 N–H and O–H groups in total. The molecule has 0 saturated carbocycles. The number of piperidine rings is 1. The van der Waals surface area contributed by atoms with Gasteiger partial charge in [-0.15, -0.1) is 0 Å². The second kappa shape index (κ2) is 14.5. The van der Waals surface area contributed by atoms with Crippen molar-refractivity contribution < 1.29 is 28.7 Å². The molecule has 2 aliphatic rings. The molecule has 0 spiro atoms. The molecule has 4 rings (SSSR count). The highest BCUT2D eigenvalue weighted by Crippen LogP contribution is 2.32. The van der Waals surface area contributed by atoms with Gasteiger partial charge < -0.3 is 24.6 Å². The maximum Gasteiger partial charge on any atom is 0.410 e. The van der Waals surface area contributed by atoms with Gasteiger partial charge in [0.25, 0.3) is 5.91 Å². The summed E-state index contributed by atoms with van der Waals surface area (Å²) in [5.74, 6) is -1.23. The van der Waals surface area contributed by atoms with Gasteiger partial charge in [-0.2, -0.15) is 0 Å². The Balaban J connectivity index is 1.68. The Morgan fingerprint density at radius 1 is 1.04 bits per heavy atom. The second-order valence-electron chi connectivity index (χ2n) is 13.8. The lowest BCUT2D eigenvalue weighted by molar-refractivity contribution is -0.144. The van der Waals surface area contributed by atoms with Gasteiger partial charge in [0.05, 0.1) is 13.2 Å². The second-order valence-corrected chi connectivity index (χ2v) is 13.8. The highest BCUT2D eigenvalue weighted by atomic mass is 16.6. The first-order valence-electron chi connectivity index (χ1n) is 15.8. The first-order valence-corrected chi connectivity index (χ1v) is 15.8. The molecule has 46 heavy (non-hydrogen) atoms. The fourth-order valence-corrected chi connectivity index (χ4v) is 5.64. The minimum atomic E-state index is -1.10. The van der Waals surface area contributed by atoms with Gasteiger partial charge >= 0.3 is 6.09 Å². The number of hydrogen-bond acceptors (Lipinski definition) is 7. The van der Waals surface area contributed by atoms with Gasteiger partial charge in [-0.3, -0.25) is 24.3 Å². The van der Waals surface area contributed by atoms with Crippen LogP contribution in [0.4, 0.5) is 10.5 Å². The zero-order valence-corrected chi connectivity index (χ0v) is 27.8. The van der Waals surface area contributed by atoms with Crippen LogP contribution in [0, 0.1) is 0 Å². The summed E-state index contributed by atoms with van der Waals surface area (Å²) in [6.07, 6.45) is 5.03. The van der Waals surface area contributed by atoms with E-state index in [1.165, 1.54) is 15.9 Å². The van der Waals surface area contributed by atoms with E-state index in [2.05, 4.69) is 37.7 Å². The topological polar surface area (TPSA) is 121 Å². The highest BCUT2D eigenvalue weighted by Gasteiger charge is 2.41. The van der Waals surface area contributed by atoms with Crippen LogP contribution in [0.3, 0.4) is 0 Å². The maximum absolute atomic E-state index is 14.6. The van der Waals surface area contributed by atoms with E-state index in [1.807, 2.05) is 45.0 Å².